The number of ether oxygens (including phenoxy) is 1. The van der Waals surface area contributed by atoms with Gasteiger partial charge in [0, 0.05) is 24.2 Å². The Kier molecular flexibility index (Phi) is 6.32. The molecule has 156 valence electrons. The number of rotatable bonds is 8. The smallest absolute Gasteiger partial charge is 0.271 e. The minimum absolute atomic E-state index is 0.190. The Labute approximate surface area is 179 Å². The van der Waals surface area contributed by atoms with Crippen LogP contribution in [0.2, 0.25) is 0 Å². The van der Waals surface area contributed by atoms with E-state index in [1.54, 1.807) is 6.20 Å². The summed E-state index contributed by atoms with van der Waals surface area (Å²) in [4.78, 5) is 29.0. The van der Waals surface area contributed by atoms with Crippen LogP contribution in [0.3, 0.4) is 0 Å². The maximum Gasteiger partial charge on any atom is 0.271 e. The van der Waals surface area contributed by atoms with Crippen LogP contribution >= 0.6 is 0 Å². The van der Waals surface area contributed by atoms with Crippen LogP contribution in [0.1, 0.15) is 16.1 Å². The molecule has 0 aliphatic carbocycles. The number of carbonyl (C=O) groups is 1. The fourth-order valence-corrected chi connectivity index (χ4v) is 3.27. The van der Waals surface area contributed by atoms with Gasteiger partial charge in [0.25, 0.3) is 11.5 Å². The van der Waals surface area contributed by atoms with E-state index in [0.29, 0.717) is 18.7 Å². The molecule has 2 heterocycles. The summed E-state index contributed by atoms with van der Waals surface area (Å²) >= 11 is 0. The fourth-order valence-electron chi connectivity index (χ4n) is 3.27. The van der Waals surface area contributed by atoms with Crippen LogP contribution in [0.15, 0.2) is 83.8 Å². The zero-order valence-electron chi connectivity index (χ0n) is 16.9. The highest BCUT2D eigenvalue weighted by Crippen LogP contribution is 2.16. The molecule has 0 aliphatic rings. The van der Waals surface area contributed by atoms with Gasteiger partial charge in [0.15, 0.2) is 0 Å². The average molecular weight is 414 g/mol. The van der Waals surface area contributed by atoms with Gasteiger partial charge in [0.05, 0.1) is 12.1 Å². The van der Waals surface area contributed by atoms with Crippen LogP contribution < -0.4 is 15.6 Å². The van der Waals surface area contributed by atoms with Gasteiger partial charge < -0.3 is 10.1 Å². The van der Waals surface area contributed by atoms with Gasteiger partial charge in [0.2, 0.25) is 0 Å². The number of nitrogens with one attached hydrogen (secondary N) is 1. The lowest BCUT2D eigenvalue weighted by Crippen LogP contribution is -2.31. The van der Waals surface area contributed by atoms with Crippen molar-refractivity contribution in [3.05, 3.63) is 101 Å². The van der Waals surface area contributed by atoms with E-state index in [4.69, 9.17) is 4.74 Å². The maximum absolute atomic E-state index is 12.5. The number of hydrogen-bond acceptors (Lipinski definition) is 5. The van der Waals surface area contributed by atoms with Crippen molar-refractivity contribution >= 4 is 16.8 Å². The molecule has 2 aromatic heterocycles. The van der Waals surface area contributed by atoms with Crippen molar-refractivity contribution in [2.45, 2.75) is 13.0 Å². The Morgan fingerprint density at radius 2 is 1.81 bits per heavy atom. The number of benzene rings is 2. The molecule has 31 heavy (non-hydrogen) atoms. The Balaban J connectivity index is 1.35. The third kappa shape index (κ3) is 5.14. The van der Waals surface area contributed by atoms with Crippen LogP contribution in [0, 0.1) is 0 Å². The van der Waals surface area contributed by atoms with Crippen LogP contribution in [0.5, 0.6) is 5.75 Å². The highest BCUT2D eigenvalue weighted by molar-refractivity contribution is 5.92. The molecular formula is C24H22N4O3. The number of fused-ring (bicyclic) bond motifs is 1. The number of para-hydroxylation sites is 2. The predicted molar refractivity (Wildman–Crippen MR) is 118 cm³/mol. The number of pyridine rings is 1. The van der Waals surface area contributed by atoms with Crippen molar-refractivity contribution < 1.29 is 9.53 Å². The first-order valence-corrected chi connectivity index (χ1v) is 10.1. The van der Waals surface area contributed by atoms with Gasteiger partial charge >= 0.3 is 0 Å². The highest BCUT2D eigenvalue weighted by atomic mass is 16.5. The van der Waals surface area contributed by atoms with Gasteiger partial charge in [-0.1, -0.05) is 42.5 Å². The second-order valence-electron chi connectivity index (χ2n) is 6.94. The summed E-state index contributed by atoms with van der Waals surface area (Å²) in [6, 6.07) is 22.0. The average Bonchev–Trinajstić information content (AvgIpc) is 2.81. The first kappa shape index (κ1) is 20.3. The highest BCUT2D eigenvalue weighted by Gasteiger charge is 2.10. The summed E-state index contributed by atoms with van der Waals surface area (Å²) in [5.41, 5.74) is 1.91. The number of hydrogen-bond donors (Lipinski definition) is 1. The quantitative estimate of drug-likeness (QED) is 0.479. The molecule has 4 aromatic rings. The Hall–Kier alpha value is -4.00. The first-order chi connectivity index (χ1) is 15.2. The predicted octanol–water partition coefficient (Wildman–Crippen LogP) is 2.84. The number of aromatic nitrogens is 3. The zero-order chi connectivity index (χ0) is 21.5. The lowest BCUT2D eigenvalue weighted by Gasteiger charge is -2.10. The molecule has 4 rings (SSSR count). The molecule has 0 atom stereocenters. The molecule has 0 saturated carbocycles. The summed E-state index contributed by atoms with van der Waals surface area (Å²) in [7, 11) is 0. The van der Waals surface area contributed by atoms with Crippen molar-refractivity contribution in [1.82, 2.24) is 20.1 Å². The van der Waals surface area contributed by atoms with E-state index in [0.717, 1.165) is 16.5 Å². The van der Waals surface area contributed by atoms with Crippen LogP contribution in [-0.4, -0.2) is 33.8 Å². The van der Waals surface area contributed by atoms with Crippen LogP contribution in [-0.2, 0) is 13.0 Å². The van der Waals surface area contributed by atoms with Gasteiger partial charge in [-0.2, -0.15) is 5.10 Å². The molecule has 0 saturated heterocycles. The van der Waals surface area contributed by atoms with Crippen molar-refractivity contribution in [3.8, 4) is 5.75 Å². The second kappa shape index (κ2) is 9.67. The molecule has 0 aliphatic heterocycles. The first-order valence-electron chi connectivity index (χ1n) is 10.1. The van der Waals surface area contributed by atoms with Crippen LogP contribution in [0.4, 0.5) is 0 Å². The summed E-state index contributed by atoms with van der Waals surface area (Å²) in [5, 5.41) is 8.11. The topological polar surface area (TPSA) is 86.1 Å². The van der Waals surface area contributed by atoms with Gasteiger partial charge in [-0.05, 0) is 36.2 Å². The van der Waals surface area contributed by atoms with Crippen molar-refractivity contribution in [1.29, 1.82) is 0 Å². The molecule has 1 N–H and O–H groups in total. The molecule has 0 radical (unpaired) electrons. The standard InChI is InChI=1S/C24H22N4O3/c29-22-12-11-21(27-28(22)16-17-31-20-9-2-1-3-10-20)24(30)26-15-13-19-7-4-6-18-8-5-14-25-23(18)19/h1-12,14H,13,15-17H2,(H,26,30). The lowest BCUT2D eigenvalue weighted by atomic mass is 10.1. The van der Waals surface area contributed by atoms with Crippen molar-refractivity contribution in [2.24, 2.45) is 0 Å². The molecule has 0 unspecified atom stereocenters. The van der Waals surface area contributed by atoms with Gasteiger partial charge in [0.1, 0.15) is 18.1 Å². The lowest BCUT2D eigenvalue weighted by molar-refractivity contribution is 0.0946. The normalized spacial score (nSPS) is 10.7. The molecule has 7 nitrogen and oxygen atoms in total. The summed E-state index contributed by atoms with van der Waals surface area (Å²) < 4.78 is 6.85. The molecule has 0 spiro atoms. The van der Waals surface area contributed by atoms with E-state index >= 15 is 0 Å². The van der Waals surface area contributed by atoms with Crippen LogP contribution in [0.25, 0.3) is 10.9 Å². The Bertz CT molecular complexity index is 1230. The van der Waals surface area contributed by atoms with Gasteiger partial charge in [-0.3, -0.25) is 14.6 Å². The van der Waals surface area contributed by atoms with E-state index in [9.17, 15) is 9.59 Å². The van der Waals surface area contributed by atoms with E-state index in [2.05, 4.69) is 15.4 Å². The van der Waals surface area contributed by atoms with E-state index < -0.39 is 0 Å². The number of nitrogens with zero attached hydrogens (tertiary/aromatic N) is 3. The van der Waals surface area contributed by atoms with E-state index in [1.165, 1.54) is 16.8 Å². The second-order valence-corrected chi connectivity index (χ2v) is 6.94. The summed E-state index contributed by atoms with van der Waals surface area (Å²) in [5.74, 6) is 0.387. The monoisotopic (exact) mass is 414 g/mol. The third-order valence-corrected chi connectivity index (χ3v) is 4.81. The molecule has 0 fully saturated rings. The van der Waals surface area contributed by atoms with Gasteiger partial charge in [-0.15, -0.1) is 0 Å². The molecule has 2 aromatic carbocycles. The number of carbonyl (C=O) groups excluding carboxylic acids is 1. The number of amides is 1. The van der Waals surface area contributed by atoms with Gasteiger partial charge in [-0.25, -0.2) is 4.68 Å². The summed E-state index contributed by atoms with van der Waals surface area (Å²) in [6.45, 7) is 0.957. The minimum Gasteiger partial charge on any atom is -0.492 e. The Morgan fingerprint density at radius 3 is 2.68 bits per heavy atom. The SMILES string of the molecule is O=C(NCCc1cccc2cccnc12)c1ccc(=O)n(CCOc2ccccc2)n1. The largest absolute Gasteiger partial charge is 0.492 e. The van der Waals surface area contributed by atoms with Crippen molar-refractivity contribution in [2.75, 3.05) is 13.2 Å². The molecule has 7 heteroatoms. The zero-order valence-corrected chi connectivity index (χ0v) is 16.9. The van der Waals surface area contributed by atoms with E-state index in [-0.39, 0.29) is 30.3 Å². The maximum atomic E-state index is 12.5. The molecule has 0 bridgehead atoms. The Morgan fingerprint density at radius 1 is 0.968 bits per heavy atom. The van der Waals surface area contributed by atoms with E-state index in [1.807, 2.05) is 60.7 Å². The summed E-state index contributed by atoms with van der Waals surface area (Å²) in [6.07, 6.45) is 2.41. The minimum atomic E-state index is -0.328. The molecular weight excluding hydrogens is 392 g/mol. The molecule has 1 amide bonds. The fraction of sp³-hybridized carbons (Fsp3) is 0.167. The third-order valence-electron chi connectivity index (χ3n) is 4.81. The van der Waals surface area contributed by atoms with Crippen molar-refractivity contribution in [3.63, 3.8) is 0 Å².